The molecule has 0 spiro atoms. The summed E-state index contributed by atoms with van der Waals surface area (Å²) in [4.78, 5) is 31.9. The molecule has 37 heavy (non-hydrogen) atoms. The van der Waals surface area contributed by atoms with Gasteiger partial charge in [-0.25, -0.2) is 15.2 Å². The summed E-state index contributed by atoms with van der Waals surface area (Å²) in [6, 6.07) is 28.7. The number of hydrogen-bond donors (Lipinski definition) is 2. The average molecular weight is 495 g/mol. The number of carbonyl (C=O) groups excluding carboxylic acids is 2. The topological polar surface area (TPSA) is 83.6 Å². The molecule has 3 amide bonds. The highest BCUT2D eigenvalue weighted by molar-refractivity contribution is 5.94. The molecule has 2 N–H and O–H groups in total. The Balaban J connectivity index is 1.21. The highest BCUT2D eigenvalue weighted by atomic mass is 16.5. The van der Waals surface area contributed by atoms with Crippen molar-refractivity contribution in [2.24, 2.45) is 0 Å². The normalized spacial score (nSPS) is 13.3. The van der Waals surface area contributed by atoms with Gasteiger partial charge in [0.05, 0.1) is 17.6 Å². The van der Waals surface area contributed by atoms with Crippen molar-refractivity contribution in [1.29, 1.82) is 0 Å². The first-order valence-corrected chi connectivity index (χ1v) is 12.7. The molecule has 1 aliphatic carbocycles. The fourth-order valence-electron chi connectivity index (χ4n) is 4.71. The van der Waals surface area contributed by atoms with Gasteiger partial charge in [0, 0.05) is 17.1 Å². The third kappa shape index (κ3) is 6.25. The molecule has 0 radical (unpaired) electrons. The van der Waals surface area contributed by atoms with Crippen molar-refractivity contribution in [2.45, 2.75) is 44.8 Å². The van der Waals surface area contributed by atoms with Gasteiger partial charge in [0.15, 0.2) is 0 Å². The van der Waals surface area contributed by atoms with Crippen LogP contribution in [0.15, 0.2) is 91.0 Å². The molecule has 0 atom stereocenters. The Morgan fingerprint density at radius 2 is 1.57 bits per heavy atom. The molecule has 0 saturated heterocycles. The van der Waals surface area contributed by atoms with Gasteiger partial charge in [-0.3, -0.25) is 15.1 Å². The lowest BCUT2D eigenvalue weighted by molar-refractivity contribution is -0.121. The van der Waals surface area contributed by atoms with Crippen LogP contribution in [-0.4, -0.2) is 23.0 Å². The summed E-state index contributed by atoms with van der Waals surface area (Å²) in [6.07, 6.45) is 4.21. The summed E-state index contributed by atoms with van der Waals surface area (Å²) >= 11 is 0. The standard InChI is InChI=1S/C30H30N4O3/c35-29(20-22-8-2-1-3-9-22)32-33-30(36)34(25-11-5-6-12-25)26-16-18-27(19-17-26)37-21-24-15-14-23-10-4-7-13-28(23)31-24/h1-4,7-10,13-19,25H,5-6,11-12,20-21H2,(H,32,35)(H,33,36). The van der Waals surface area contributed by atoms with E-state index >= 15 is 0 Å². The van der Waals surface area contributed by atoms with Crippen LogP contribution in [0.5, 0.6) is 5.75 Å². The zero-order chi connectivity index (χ0) is 25.5. The van der Waals surface area contributed by atoms with Crippen molar-refractivity contribution in [2.75, 3.05) is 4.90 Å². The van der Waals surface area contributed by atoms with E-state index < -0.39 is 0 Å². The number of amides is 3. The van der Waals surface area contributed by atoms with E-state index in [-0.39, 0.29) is 24.4 Å². The number of urea groups is 1. The van der Waals surface area contributed by atoms with E-state index in [1.807, 2.05) is 91.0 Å². The molecule has 3 aromatic carbocycles. The Labute approximate surface area is 216 Å². The molecule has 1 saturated carbocycles. The Morgan fingerprint density at radius 3 is 2.35 bits per heavy atom. The average Bonchev–Trinajstić information content (AvgIpc) is 3.46. The quantitative estimate of drug-likeness (QED) is 0.330. The molecule has 1 aromatic heterocycles. The number of ether oxygens (including phenoxy) is 1. The first-order chi connectivity index (χ1) is 18.2. The monoisotopic (exact) mass is 494 g/mol. The molecule has 1 aliphatic rings. The lowest BCUT2D eigenvalue weighted by Crippen LogP contribution is -2.52. The van der Waals surface area contributed by atoms with Crippen molar-refractivity contribution >= 4 is 28.5 Å². The number of aromatic nitrogens is 1. The SMILES string of the molecule is O=C(Cc1ccccc1)NNC(=O)N(c1ccc(OCc2ccc3ccccc3n2)cc1)C1CCCC1. The third-order valence-corrected chi connectivity index (χ3v) is 6.58. The number of rotatable bonds is 7. The molecule has 188 valence electrons. The zero-order valence-electron chi connectivity index (χ0n) is 20.6. The van der Waals surface area contributed by atoms with E-state index in [0.29, 0.717) is 12.4 Å². The number of carbonyl (C=O) groups is 2. The van der Waals surface area contributed by atoms with Crippen LogP contribution in [0.4, 0.5) is 10.5 Å². The van der Waals surface area contributed by atoms with E-state index in [2.05, 4.69) is 15.8 Å². The first-order valence-electron chi connectivity index (χ1n) is 12.7. The van der Waals surface area contributed by atoms with Gasteiger partial charge in [-0.05, 0) is 54.8 Å². The number of nitrogens with one attached hydrogen (secondary N) is 2. The Kier molecular flexibility index (Phi) is 7.60. The summed E-state index contributed by atoms with van der Waals surface area (Å²) in [5.74, 6) is 0.429. The van der Waals surface area contributed by atoms with Crippen LogP contribution in [0, 0.1) is 0 Å². The van der Waals surface area contributed by atoms with Crippen molar-refractivity contribution < 1.29 is 14.3 Å². The van der Waals surface area contributed by atoms with Crippen LogP contribution in [0.1, 0.15) is 36.9 Å². The number of pyridine rings is 1. The van der Waals surface area contributed by atoms with E-state index in [1.54, 1.807) is 4.90 Å². The highest BCUT2D eigenvalue weighted by Gasteiger charge is 2.28. The molecular weight excluding hydrogens is 464 g/mol. The second-order valence-electron chi connectivity index (χ2n) is 9.23. The highest BCUT2D eigenvalue weighted by Crippen LogP contribution is 2.29. The van der Waals surface area contributed by atoms with Crippen molar-refractivity contribution in [3.8, 4) is 5.75 Å². The largest absolute Gasteiger partial charge is 0.487 e. The van der Waals surface area contributed by atoms with Crippen LogP contribution in [0.25, 0.3) is 10.9 Å². The second-order valence-corrected chi connectivity index (χ2v) is 9.23. The minimum Gasteiger partial charge on any atom is -0.487 e. The third-order valence-electron chi connectivity index (χ3n) is 6.58. The molecule has 7 nitrogen and oxygen atoms in total. The summed E-state index contributed by atoms with van der Waals surface area (Å²) in [6.45, 7) is 0.352. The maximum absolute atomic E-state index is 13.2. The van der Waals surface area contributed by atoms with Gasteiger partial charge in [-0.2, -0.15) is 0 Å². The van der Waals surface area contributed by atoms with Gasteiger partial charge in [-0.15, -0.1) is 0 Å². The first kappa shape index (κ1) is 24.3. The number of hydrogen-bond acceptors (Lipinski definition) is 4. The lowest BCUT2D eigenvalue weighted by atomic mass is 10.1. The molecule has 7 heteroatoms. The zero-order valence-corrected chi connectivity index (χ0v) is 20.6. The molecule has 1 heterocycles. The van der Waals surface area contributed by atoms with Gasteiger partial charge in [0.25, 0.3) is 0 Å². The minimum absolute atomic E-state index is 0.0830. The number of nitrogens with zero attached hydrogens (tertiary/aromatic N) is 2. The summed E-state index contributed by atoms with van der Waals surface area (Å²) in [7, 11) is 0. The van der Waals surface area contributed by atoms with E-state index in [4.69, 9.17) is 4.74 Å². The molecule has 0 aliphatic heterocycles. The van der Waals surface area contributed by atoms with Gasteiger partial charge in [0.2, 0.25) is 5.91 Å². The van der Waals surface area contributed by atoms with Crippen LogP contribution in [0.2, 0.25) is 0 Å². The van der Waals surface area contributed by atoms with Crippen LogP contribution in [-0.2, 0) is 17.8 Å². The maximum atomic E-state index is 13.2. The Hall–Kier alpha value is -4.39. The fraction of sp³-hybridized carbons (Fsp3) is 0.233. The molecular formula is C30H30N4O3. The summed E-state index contributed by atoms with van der Waals surface area (Å²) in [5.41, 5.74) is 8.59. The summed E-state index contributed by atoms with van der Waals surface area (Å²) in [5, 5.41) is 1.09. The number of benzene rings is 3. The van der Waals surface area contributed by atoms with Crippen LogP contribution >= 0.6 is 0 Å². The van der Waals surface area contributed by atoms with Crippen LogP contribution in [0.3, 0.4) is 0 Å². The van der Waals surface area contributed by atoms with Crippen molar-refractivity contribution in [3.05, 3.63) is 102 Å². The maximum Gasteiger partial charge on any atom is 0.340 e. The van der Waals surface area contributed by atoms with E-state index in [0.717, 1.165) is 53.5 Å². The van der Waals surface area contributed by atoms with Gasteiger partial charge in [-0.1, -0.05) is 67.4 Å². The van der Waals surface area contributed by atoms with E-state index in [9.17, 15) is 9.59 Å². The van der Waals surface area contributed by atoms with Gasteiger partial charge >= 0.3 is 6.03 Å². The van der Waals surface area contributed by atoms with E-state index in [1.165, 1.54) is 0 Å². The van der Waals surface area contributed by atoms with Crippen LogP contribution < -0.4 is 20.5 Å². The smallest absolute Gasteiger partial charge is 0.340 e. The molecule has 5 rings (SSSR count). The molecule has 0 unspecified atom stereocenters. The van der Waals surface area contributed by atoms with Gasteiger partial charge in [0.1, 0.15) is 12.4 Å². The molecule has 1 fully saturated rings. The van der Waals surface area contributed by atoms with Crippen molar-refractivity contribution in [1.82, 2.24) is 15.8 Å². The Morgan fingerprint density at radius 1 is 0.838 bits per heavy atom. The number of fused-ring (bicyclic) bond motifs is 1. The van der Waals surface area contributed by atoms with Gasteiger partial charge < -0.3 is 4.74 Å². The number of para-hydroxylation sites is 1. The number of hydrazine groups is 1. The summed E-state index contributed by atoms with van der Waals surface area (Å²) < 4.78 is 5.96. The Bertz CT molecular complexity index is 1350. The minimum atomic E-state index is -0.345. The fourth-order valence-corrected chi connectivity index (χ4v) is 4.71. The second kappa shape index (κ2) is 11.6. The van der Waals surface area contributed by atoms with Crippen molar-refractivity contribution in [3.63, 3.8) is 0 Å². The predicted octanol–water partition coefficient (Wildman–Crippen LogP) is 5.55. The number of anilines is 1. The molecule has 4 aromatic rings. The molecule has 0 bridgehead atoms. The predicted molar refractivity (Wildman–Crippen MR) is 144 cm³/mol. The lowest BCUT2D eigenvalue weighted by Gasteiger charge is -2.29.